The van der Waals surface area contributed by atoms with E-state index in [4.69, 9.17) is 10.2 Å². The maximum Gasteiger partial charge on any atom is 0.317 e. The Morgan fingerprint density at radius 1 is 0.882 bits per heavy atom. The molecule has 0 aliphatic rings. The number of aliphatic carboxylic acids is 2. The fourth-order valence-corrected chi connectivity index (χ4v) is 1.42. The van der Waals surface area contributed by atoms with Crippen LogP contribution in [0.4, 0.5) is 0 Å². The Bertz CT molecular complexity index is 272. The smallest absolute Gasteiger partial charge is 0.317 e. The summed E-state index contributed by atoms with van der Waals surface area (Å²) >= 11 is 0. The molecule has 0 aromatic heterocycles. The summed E-state index contributed by atoms with van der Waals surface area (Å²) in [6.45, 7) is 3.53. The Kier molecular flexibility index (Phi) is 6.88. The molecular weight excluding hydrogens is 228 g/mol. The number of carbonyl (C=O) groups is 3. The Balaban J connectivity index is 4.45. The number of amides is 1. The van der Waals surface area contributed by atoms with Gasteiger partial charge in [0.05, 0.1) is 19.6 Å². The highest BCUT2D eigenvalue weighted by atomic mass is 16.4. The van der Waals surface area contributed by atoms with Gasteiger partial charge in [-0.3, -0.25) is 19.3 Å². The summed E-state index contributed by atoms with van der Waals surface area (Å²) in [5.41, 5.74) is 0. The predicted molar refractivity (Wildman–Crippen MR) is 59.6 cm³/mol. The van der Waals surface area contributed by atoms with Gasteiger partial charge in [-0.2, -0.15) is 0 Å². The topological polar surface area (TPSA) is 98.2 Å². The highest BCUT2D eigenvalue weighted by Gasteiger charge is 2.19. The van der Waals surface area contributed by atoms with E-state index in [2.05, 4.69) is 0 Å². The maximum atomic E-state index is 11.7. The summed E-state index contributed by atoms with van der Waals surface area (Å²) in [6.07, 6.45) is 0. The van der Waals surface area contributed by atoms with Crippen LogP contribution in [0, 0.1) is 0 Å². The van der Waals surface area contributed by atoms with Crippen molar-refractivity contribution in [2.75, 3.05) is 32.7 Å². The molecule has 0 aliphatic carbocycles. The first-order valence-electron chi connectivity index (χ1n) is 5.34. The zero-order valence-corrected chi connectivity index (χ0v) is 10.0. The minimum Gasteiger partial charge on any atom is -0.480 e. The Morgan fingerprint density at radius 3 is 1.59 bits per heavy atom. The van der Waals surface area contributed by atoms with Gasteiger partial charge in [0.1, 0.15) is 0 Å². The SMILES string of the molecule is CCN(CC)C(=O)CN(CC(=O)O)CC(=O)O. The van der Waals surface area contributed by atoms with Gasteiger partial charge < -0.3 is 15.1 Å². The molecule has 0 fully saturated rings. The summed E-state index contributed by atoms with van der Waals surface area (Å²) < 4.78 is 0. The first-order valence-corrected chi connectivity index (χ1v) is 5.34. The van der Waals surface area contributed by atoms with Gasteiger partial charge in [0.25, 0.3) is 0 Å². The van der Waals surface area contributed by atoms with Gasteiger partial charge in [-0.1, -0.05) is 0 Å². The lowest BCUT2D eigenvalue weighted by Gasteiger charge is -2.23. The third-order valence-electron chi connectivity index (χ3n) is 2.19. The summed E-state index contributed by atoms with van der Waals surface area (Å²) in [4.78, 5) is 35.3. The standard InChI is InChI=1S/C10H18N2O5/c1-3-12(4-2)8(13)5-11(6-9(14)15)7-10(16)17/h3-7H2,1-2H3,(H,14,15)(H,16,17). The van der Waals surface area contributed by atoms with Gasteiger partial charge >= 0.3 is 11.9 Å². The summed E-state index contributed by atoms with van der Waals surface area (Å²) in [5, 5.41) is 17.2. The number of nitrogens with zero attached hydrogens (tertiary/aromatic N) is 2. The Labute approximate surface area is 99.6 Å². The predicted octanol–water partition coefficient (Wildman–Crippen LogP) is -0.674. The number of carbonyl (C=O) groups excluding carboxylic acids is 1. The number of hydrogen-bond acceptors (Lipinski definition) is 4. The van der Waals surface area contributed by atoms with Crippen molar-refractivity contribution >= 4 is 17.8 Å². The lowest BCUT2D eigenvalue weighted by atomic mass is 10.4. The highest BCUT2D eigenvalue weighted by Crippen LogP contribution is 1.95. The fraction of sp³-hybridized carbons (Fsp3) is 0.700. The molecule has 17 heavy (non-hydrogen) atoms. The Hall–Kier alpha value is -1.63. The van der Waals surface area contributed by atoms with Crippen molar-refractivity contribution in [3.63, 3.8) is 0 Å². The normalized spacial score (nSPS) is 10.3. The molecule has 0 unspecified atom stereocenters. The molecule has 0 radical (unpaired) electrons. The number of rotatable bonds is 8. The van der Waals surface area contributed by atoms with Gasteiger partial charge in [0.2, 0.25) is 5.91 Å². The van der Waals surface area contributed by atoms with E-state index in [0.29, 0.717) is 13.1 Å². The molecule has 0 aromatic carbocycles. The van der Waals surface area contributed by atoms with E-state index >= 15 is 0 Å². The quantitative estimate of drug-likeness (QED) is 0.589. The first-order chi connectivity index (χ1) is 7.90. The average Bonchev–Trinajstić information content (AvgIpc) is 2.16. The summed E-state index contributed by atoms with van der Waals surface area (Å²) in [7, 11) is 0. The van der Waals surface area contributed by atoms with Crippen LogP contribution in [0.1, 0.15) is 13.8 Å². The van der Waals surface area contributed by atoms with Crippen molar-refractivity contribution in [1.82, 2.24) is 9.80 Å². The third-order valence-corrected chi connectivity index (χ3v) is 2.19. The van der Waals surface area contributed by atoms with Crippen molar-refractivity contribution in [2.24, 2.45) is 0 Å². The van der Waals surface area contributed by atoms with Crippen molar-refractivity contribution in [3.05, 3.63) is 0 Å². The minimum absolute atomic E-state index is 0.194. The second kappa shape index (κ2) is 7.61. The average molecular weight is 246 g/mol. The van der Waals surface area contributed by atoms with Crippen LogP contribution in [0.15, 0.2) is 0 Å². The molecule has 0 atom stereocenters. The second-order valence-corrected chi connectivity index (χ2v) is 3.50. The van der Waals surface area contributed by atoms with Crippen LogP contribution in [0.25, 0.3) is 0 Å². The molecule has 2 N–H and O–H groups in total. The number of carboxylic acid groups (broad SMARTS) is 2. The summed E-state index contributed by atoms with van der Waals surface area (Å²) in [5.74, 6) is -2.57. The van der Waals surface area contributed by atoms with Crippen LogP contribution in [-0.4, -0.2) is 70.6 Å². The number of hydrogen-bond donors (Lipinski definition) is 2. The van der Waals surface area contributed by atoms with E-state index < -0.39 is 25.0 Å². The van der Waals surface area contributed by atoms with Crippen LogP contribution in [0.3, 0.4) is 0 Å². The van der Waals surface area contributed by atoms with E-state index in [1.165, 1.54) is 4.90 Å². The van der Waals surface area contributed by atoms with Crippen LogP contribution >= 0.6 is 0 Å². The van der Waals surface area contributed by atoms with E-state index in [1.807, 2.05) is 0 Å². The van der Waals surface area contributed by atoms with Gasteiger partial charge in [-0.25, -0.2) is 0 Å². The van der Waals surface area contributed by atoms with Crippen LogP contribution in [0.5, 0.6) is 0 Å². The van der Waals surface area contributed by atoms with E-state index in [-0.39, 0.29) is 12.5 Å². The third kappa shape index (κ3) is 6.52. The lowest BCUT2D eigenvalue weighted by Crippen LogP contribution is -2.44. The maximum absolute atomic E-state index is 11.7. The van der Waals surface area contributed by atoms with Gasteiger partial charge in [-0.15, -0.1) is 0 Å². The second-order valence-electron chi connectivity index (χ2n) is 3.50. The number of likely N-dealkylation sites (N-methyl/N-ethyl adjacent to an activating group) is 1. The molecule has 1 amide bonds. The van der Waals surface area contributed by atoms with Crippen LogP contribution in [0.2, 0.25) is 0 Å². The van der Waals surface area contributed by atoms with E-state index in [0.717, 1.165) is 4.90 Å². The van der Waals surface area contributed by atoms with Crippen molar-refractivity contribution in [1.29, 1.82) is 0 Å². The highest BCUT2D eigenvalue weighted by molar-refractivity contribution is 5.80. The van der Waals surface area contributed by atoms with Crippen molar-refractivity contribution in [3.8, 4) is 0 Å². The molecule has 7 nitrogen and oxygen atoms in total. The molecule has 0 rings (SSSR count). The van der Waals surface area contributed by atoms with Crippen molar-refractivity contribution in [2.45, 2.75) is 13.8 Å². The lowest BCUT2D eigenvalue weighted by molar-refractivity contribution is -0.143. The Morgan fingerprint density at radius 2 is 1.29 bits per heavy atom. The van der Waals surface area contributed by atoms with E-state index in [1.54, 1.807) is 13.8 Å². The molecule has 0 spiro atoms. The molecule has 0 heterocycles. The number of carboxylic acids is 2. The molecule has 0 aliphatic heterocycles. The van der Waals surface area contributed by atoms with Gasteiger partial charge in [0, 0.05) is 13.1 Å². The van der Waals surface area contributed by atoms with Crippen LogP contribution < -0.4 is 0 Å². The zero-order chi connectivity index (χ0) is 13.4. The molecule has 0 saturated heterocycles. The summed E-state index contributed by atoms with van der Waals surface area (Å²) in [6, 6.07) is 0. The first kappa shape index (κ1) is 15.4. The van der Waals surface area contributed by atoms with Gasteiger partial charge in [0.15, 0.2) is 0 Å². The fourth-order valence-electron chi connectivity index (χ4n) is 1.42. The van der Waals surface area contributed by atoms with Crippen LogP contribution in [-0.2, 0) is 14.4 Å². The largest absolute Gasteiger partial charge is 0.480 e. The molecule has 0 aromatic rings. The van der Waals surface area contributed by atoms with E-state index in [9.17, 15) is 14.4 Å². The zero-order valence-electron chi connectivity index (χ0n) is 10.0. The molecule has 0 bridgehead atoms. The molecule has 0 saturated carbocycles. The minimum atomic E-state index is -1.15. The molecule has 7 heteroatoms. The van der Waals surface area contributed by atoms with Gasteiger partial charge in [-0.05, 0) is 13.8 Å². The molecule has 98 valence electrons. The molecular formula is C10H18N2O5. The van der Waals surface area contributed by atoms with Crippen molar-refractivity contribution < 1.29 is 24.6 Å². The monoisotopic (exact) mass is 246 g/mol.